The van der Waals surface area contributed by atoms with Gasteiger partial charge in [-0.15, -0.1) is 0 Å². The second-order valence-electron chi connectivity index (χ2n) is 11.4. The van der Waals surface area contributed by atoms with Crippen molar-refractivity contribution in [1.82, 2.24) is 15.5 Å². The second kappa shape index (κ2) is 14.0. The standard InChI is InChI=1S/C31H45N3O5/c1-9-10-15-32-28(36)27(24-17-21(4)16-22(5)18-24)34(20(2)3)29(37)26(33-30(38)39-31(6,7)8)19-23-11-13-25(35)14-12-23/h11-14,16-18,20,26-27,35H,9-10,15,19H2,1-8H3,(H,32,36)(H,33,38). The van der Waals surface area contributed by atoms with Gasteiger partial charge in [-0.1, -0.05) is 54.8 Å². The van der Waals surface area contributed by atoms with Crippen molar-refractivity contribution >= 4 is 17.9 Å². The van der Waals surface area contributed by atoms with Gasteiger partial charge in [0.15, 0.2) is 0 Å². The summed E-state index contributed by atoms with van der Waals surface area (Å²) in [5.74, 6) is -0.570. The van der Waals surface area contributed by atoms with E-state index in [-0.39, 0.29) is 24.1 Å². The molecule has 2 atom stereocenters. The van der Waals surface area contributed by atoms with Crippen LogP contribution in [0.3, 0.4) is 0 Å². The van der Waals surface area contributed by atoms with Gasteiger partial charge in [-0.05, 0) is 78.1 Å². The molecule has 0 saturated carbocycles. The molecule has 0 bridgehead atoms. The average molecular weight is 540 g/mol. The summed E-state index contributed by atoms with van der Waals surface area (Å²) in [5, 5.41) is 15.5. The summed E-state index contributed by atoms with van der Waals surface area (Å²) >= 11 is 0. The van der Waals surface area contributed by atoms with E-state index in [0.717, 1.165) is 29.5 Å². The number of ether oxygens (including phenoxy) is 1. The Labute approximate surface area is 233 Å². The Balaban J connectivity index is 2.55. The number of carbonyl (C=O) groups is 3. The largest absolute Gasteiger partial charge is 0.508 e. The number of hydrogen-bond donors (Lipinski definition) is 3. The first-order valence-corrected chi connectivity index (χ1v) is 13.7. The molecule has 0 aliphatic heterocycles. The zero-order valence-corrected chi connectivity index (χ0v) is 24.6. The summed E-state index contributed by atoms with van der Waals surface area (Å²) in [6, 6.07) is 10.1. The molecule has 2 aromatic rings. The molecule has 39 heavy (non-hydrogen) atoms. The van der Waals surface area contributed by atoms with Crippen molar-refractivity contribution in [2.75, 3.05) is 6.54 Å². The van der Waals surface area contributed by atoms with E-state index in [1.54, 1.807) is 37.8 Å². The average Bonchev–Trinajstić information content (AvgIpc) is 2.81. The van der Waals surface area contributed by atoms with Crippen LogP contribution in [0.2, 0.25) is 0 Å². The van der Waals surface area contributed by atoms with Gasteiger partial charge in [-0.2, -0.15) is 0 Å². The molecule has 0 heterocycles. The van der Waals surface area contributed by atoms with Crippen molar-refractivity contribution in [3.8, 4) is 5.75 Å². The highest BCUT2D eigenvalue weighted by Gasteiger charge is 2.38. The number of phenols is 1. The molecule has 2 rings (SSSR count). The summed E-state index contributed by atoms with van der Waals surface area (Å²) in [7, 11) is 0. The summed E-state index contributed by atoms with van der Waals surface area (Å²) in [6.07, 6.45) is 1.18. The van der Waals surface area contributed by atoms with E-state index in [2.05, 4.69) is 10.6 Å². The first-order valence-electron chi connectivity index (χ1n) is 13.7. The number of unbranched alkanes of at least 4 members (excludes halogenated alkanes) is 1. The lowest BCUT2D eigenvalue weighted by atomic mass is 9.96. The van der Waals surface area contributed by atoms with E-state index in [9.17, 15) is 19.5 Å². The molecule has 8 heteroatoms. The highest BCUT2D eigenvalue weighted by molar-refractivity contribution is 5.92. The molecule has 3 N–H and O–H groups in total. The molecule has 0 spiro atoms. The number of alkyl carbamates (subject to hydrolysis) is 1. The highest BCUT2D eigenvalue weighted by Crippen LogP contribution is 2.27. The number of nitrogens with one attached hydrogen (secondary N) is 2. The number of nitrogens with zero attached hydrogens (tertiary/aromatic N) is 1. The fourth-order valence-corrected chi connectivity index (χ4v) is 4.47. The minimum Gasteiger partial charge on any atom is -0.508 e. The first-order chi connectivity index (χ1) is 18.2. The maximum Gasteiger partial charge on any atom is 0.408 e. The van der Waals surface area contributed by atoms with Gasteiger partial charge in [0.1, 0.15) is 23.4 Å². The fraction of sp³-hybridized carbons (Fsp3) is 0.516. The molecular weight excluding hydrogens is 494 g/mol. The SMILES string of the molecule is CCCCNC(=O)C(c1cc(C)cc(C)c1)N(C(=O)C(Cc1ccc(O)cc1)NC(=O)OC(C)(C)C)C(C)C. The summed E-state index contributed by atoms with van der Waals surface area (Å²) in [6.45, 7) is 15.4. The van der Waals surface area contributed by atoms with Crippen molar-refractivity contribution in [3.05, 3.63) is 64.7 Å². The van der Waals surface area contributed by atoms with Gasteiger partial charge < -0.3 is 25.4 Å². The van der Waals surface area contributed by atoms with Crippen LogP contribution < -0.4 is 10.6 Å². The quantitative estimate of drug-likeness (QED) is 0.334. The molecule has 3 amide bonds. The van der Waals surface area contributed by atoms with Crippen LogP contribution in [0.5, 0.6) is 5.75 Å². The van der Waals surface area contributed by atoms with Crippen molar-refractivity contribution in [2.24, 2.45) is 0 Å². The Morgan fingerprint density at radius 2 is 1.59 bits per heavy atom. The molecule has 2 aromatic carbocycles. The Hall–Kier alpha value is -3.55. The molecule has 0 aliphatic rings. The topological polar surface area (TPSA) is 108 Å². The third-order valence-corrected chi connectivity index (χ3v) is 6.09. The normalized spacial score (nSPS) is 12.9. The van der Waals surface area contributed by atoms with Gasteiger partial charge in [0.05, 0.1) is 0 Å². The lowest BCUT2D eigenvalue weighted by Gasteiger charge is -2.37. The lowest BCUT2D eigenvalue weighted by Crippen LogP contribution is -2.55. The third-order valence-electron chi connectivity index (χ3n) is 6.09. The Bertz CT molecular complexity index is 1100. The summed E-state index contributed by atoms with van der Waals surface area (Å²) in [5.41, 5.74) is 2.67. The molecule has 0 radical (unpaired) electrons. The molecule has 2 unspecified atom stereocenters. The number of aromatic hydroxyl groups is 1. The molecular formula is C31H45N3O5. The number of aryl methyl sites for hydroxylation is 2. The van der Waals surface area contributed by atoms with Gasteiger partial charge >= 0.3 is 6.09 Å². The van der Waals surface area contributed by atoms with Crippen LogP contribution in [0.15, 0.2) is 42.5 Å². The minimum absolute atomic E-state index is 0.101. The van der Waals surface area contributed by atoms with Crippen molar-refractivity contribution in [1.29, 1.82) is 0 Å². The number of rotatable bonds is 11. The first kappa shape index (κ1) is 31.7. The smallest absolute Gasteiger partial charge is 0.408 e. The van der Waals surface area contributed by atoms with Crippen molar-refractivity contribution in [3.63, 3.8) is 0 Å². The predicted octanol–water partition coefficient (Wildman–Crippen LogP) is 5.34. The summed E-state index contributed by atoms with van der Waals surface area (Å²) in [4.78, 5) is 42.4. The fourth-order valence-electron chi connectivity index (χ4n) is 4.47. The highest BCUT2D eigenvalue weighted by atomic mass is 16.6. The van der Waals surface area contributed by atoms with E-state index in [1.165, 1.54) is 12.1 Å². The minimum atomic E-state index is -1.01. The van der Waals surface area contributed by atoms with Crippen LogP contribution in [0, 0.1) is 13.8 Å². The number of benzene rings is 2. The number of phenolic OH excluding ortho intramolecular Hbond substituents is 1. The van der Waals surface area contributed by atoms with E-state index in [1.807, 2.05) is 52.8 Å². The van der Waals surface area contributed by atoms with Gasteiger partial charge in [0, 0.05) is 19.0 Å². The molecule has 0 aliphatic carbocycles. The maximum atomic E-state index is 14.3. The van der Waals surface area contributed by atoms with Gasteiger partial charge in [0.25, 0.3) is 0 Å². The Morgan fingerprint density at radius 1 is 1.00 bits per heavy atom. The van der Waals surface area contributed by atoms with Crippen molar-refractivity contribution in [2.45, 2.75) is 98.4 Å². The number of hydrogen-bond acceptors (Lipinski definition) is 5. The third kappa shape index (κ3) is 9.93. The molecule has 0 aromatic heterocycles. The van der Waals surface area contributed by atoms with Crippen LogP contribution in [-0.4, -0.2) is 52.1 Å². The Kier molecular flexibility index (Phi) is 11.4. The van der Waals surface area contributed by atoms with Crippen LogP contribution >= 0.6 is 0 Å². The van der Waals surface area contributed by atoms with Gasteiger partial charge in [0.2, 0.25) is 11.8 Å². The van der Waals surface area contributed by atoms with Crippen LogP contribution in [-0.2, 0) is 20.7 Å². The molecule has 0 saturated heterocycles. The molecule has 0 fully saturated rings. The zero-order valence-electron chi connectivity index (χ0n) is 24.6. The maximum absolute atomic E-state index is 14.3. The van der Waals surface area contributed by atoms with E-state index >= 15 is 0 Å². The number of carbonyl (C=O) groups excluding carboxylic acids is 3. The number of amides is 3. The van der Waals surface area contributed by atoms with E-state index in [0.29, 0.717) is 12.1 Å². The Morgan fingerprint density at radius 3 is 2.10 bits per heavy atom. The lowest BCUT2D eigenvalue weighted by molar-refractivity contribution is -0.144. The van der Waals surface area contributed by atoms with Crippen LogP contribution in [0.4, 0.5) is 4.79 Å². The second-order valence-corrected chi connectivity index (χ2v) is 11.4. The van der Waals surface area contributed by atoms with Gasteiger partial charge in [-0.25, -0.2) is 4.79 Å². The van der Waals surface area contributed by atoms with Crippen molar-refractivity contribution < 1.29 is 24.2 Å². The van der Waals surface area contributed by atoms with E-state index < -0.39 is 29.7 Å². The zero-order chi connectivity index (χ0) is 29.3. The van der Waals surface area contributed by atoms with Crippen LogP contribution in [0.1, 0.15) is 82.7 Å². The van der Waals surface area contributed by atoms with E-state index in [4.69, 9.17) is 4.74 Å². The van der Waals surface area contributed by atoms with Crippen LogP contribution in [0.25, 0.3) is 0 Å². The predicted molar refractivity (Wildman–Crippen MR) is 154 cm³/mol. The monoisotopic (exact) mass is 539 g/mol. The molecule has 8 nitrogen and oxygen atoms in total. The van der Waals surface area contributed by atoms with Gasteiger partial charge in [-0.3, -0.25) is 9.59 Å². The molecule has 214 valence electrons. The summed E-state index contributed by atoms with van der Waals surface area (Å²) < 4.78 is 5.46.